The van der Waals surface area contributed by atoms with E-state index in [4.69, 9.17) is 4.43 Å². The fourth-order valence-electron chi connectivity index (χ4n) is 3.99. The zero-order valence-electron chi connectivity index (χ0n) is 18.8. The highest BCUT2D eigenvalue weighted by molar-refractivity contribution is 6.99. The molecule has 1 N–H and O–H groups in total. The molecule has 2 aromatic carbocycles. The molecule has 0 saturated heterocycles. The third-order valence-electron chi connectivity index (χ3n) is 5.55. The quantitative estimate of drug-likeness (QED) is 0.333. The van der Waals surface area contributed by atoms with Crippen molar-refractivity contribution in [1.82, 2.24) is 0 Å². The number of benzene rings is 2. The lowest BCUT2D eigenvalue weighted by Gasteiger charge is -2.43. The minimum Gasteiger partial charge on any atom is -0.469 e. The summed E-state index contributed by atoms with van der Waals surface area (Å²) in [5.74, 6) is -0.175. The smallest absolute Gasteiger partial charge is 0.305 e. The minimum absolute atomic E-state index is 0.101. The highest BCUT2D eigenvalue weighted by Gasteiger charge is 2.50. The highest BCUT2D eigenvalue weighted by Crippen LogP contribution is 2.36. The van der Waals surface area contributed by atoms with Crippen LogP contribution in [-0.4, -0.2) is 39.2 Å². The summed E-state index contributed by atoms with van der Waals surface area (Å²) in [6, 6.07) is 20.9. The molecule has 4 nitrogen and oxygen atoms in total. The Kier molecular flexibility index (Phi) is 9.27. The van der Waals surface area contributed by atoms with Gasteiger partial charge < -0.3 is 14.3 Å². The molecule has 0 amide bonds. The summed E-state index contributed by atoms with van der Waals surface area (Å²) in [5, 5.41) is 13.0. The summed E-state index contributed by atoms with van der Waals surface area (Å²) < 4.78 is 11.4. The second-order valence-corrected chi connectivity index (χ2v) is 13.1. The van der Waals surface area contributed by atoms with Gasteiger partial charge in [-0.25, -0.2) is 0 Å². The maximum Gasteiger partial charge on any atom is 0.305 e. The van der Waals surface area contributed by atoms with Crippen LogP contribution in [0.5, 0.6) is 0 Å². The van der Waals surface area contributed by atoms with Gasteiger partial charge in [0.15, 0.2) is 0 Å². The Hall–Kier alpha value is -1.95. The van der Waals surface area contributed by atoms with Crippen molar-refractivity contribution in [2.24, 2.45) is 0 Å². The van der Waals surface area contributed by atoms with E-state index >= 15 is 0 Å². The molecule has 30 heavy (non-hydrogen) atoms. The SMILES string of the molecule is COC(=O)CCCCC[C@@H](O)CO[Si](c1ccccc1)(c1ccccc1)C(C)(C)C. The van der Waals surface area contributed by atoms with Gasteiger partial charge in [0.25, 0.3) is 8.32 Å². The summed E-state index contributed by atoms with van der Waals surface area (Å²) in [4.78, 5) is 11.2. The van der Waals surface area contributed by atoms with Crippen LogP contribution < -0.4 is 10.4 Å². The number of hydrogen-bond donors (Lipinski definition) is 1. The average molecular weight is 429 g/mol. The molecule has 0 aliphatic carbocycles. The van der Waals surface area contributed by atoms with Crippen LogP contribution in [-0.2, 0) is 14.0 Å². The number of rotatable bonds is 11. The first-order valence-corrected chi connectivity index (χ1v) is 12.7. The van der Waals surface area contributed by atoms with Gasteiger partial charge in [0.1, 0.15) is 0 Å². The largest absolute Gasteiger partial charge is 0.469 e. The summed E-state index contributed by atoms with van der Waals surface area (Å²) in [6.45, 7) is 7.01. The molecule has 0 aliphatic heterocycles. The molecule has 0 bridgehead atoms. The van der Waals surface area contributed by atoms with Crippen LogP contribution in [0, 0.1) is 0 Å². The van der Waals surface area contributed by atoms with Crippen LogP contribution in [0.3, 0.4) is 0 Å². The molecule has 0 saturated carbocycles. The zero-order valence-corrected chi connectivity index (χ0v) is 19.8. The number of methoxy groups -OCH3 is 1. The van der Waals surface area contributed by atoms with Crippen LogP contribution in [0.4, 0.5) is 0 Å². The monoisotopic (exact) mass is 428 g/mol. The first kappa shape index (κ1) is 24.3. The molecular weight excluding hydrogens is 392 g/mol. The normalized spacial score (nSPS) is 13.1. The van der Waals surface area contributed by atoms with E-state index in [1.165, 1.54) is 17.5 Å². The molecule has 0 fully saturated rings. The van der Waals surface area contributed by atoms with Crippen molar-refractivity contribution in [2.45, 2.75) is 64.0 Å². The fourth-order valence-corrected chi connectivity index (χ4v) is 8.59. The summed E-state index contributed by atoms with van der Waals surface area (Å²) in [5.41, 5.74) is 0. The Balaban J connectivity index is 2.12. The van der Waals surface area contributed by atoms with Crippen LogP contribution in [0.15, 0.2) is 60.7 Å². The van der Waals surface area contributed by atoms with E-state index < -0.39 is 14.4 Å². The van der Waals surface area contributed by atoms with Crippen molar-refractivity contribution in [3.8, 4) is 0 Å². The van der Waals surface area contributed by atoms with Gasteiger partial charge in [-0.3, -0.25) is 4.79 Å². The van der Waals surface area contributed by atoms with Crippen molar-refractivity contribution in [3.63, 3.8) is 0 Å². The van der Waals surface area contributed by atoms with Gasteiger partial charge in [0, 0.05) is 6.42 Å². The molecule has 5 heteroatoms. The first-order valence-electron chi connectivity index (χ1n) is 10.8. The average Bonchev–Trinajstić information content (AvgIpc) is 2.74. The number of ether oxygens (including phenoxy) is 1. The van der Waals surface area contributed by atoms with Gasteiger partial charge >= 0.3 is 5.97 Å². The number of aliphatic hydroxyl groups excluding tert-OH is 1. The van der Waals surface area contributed by atoms with Crippen LogP contribution in [0.25, 0.3) is 0 Å². The Labute approximate surface area is 182 Å². The van der Waals surface area contributed by atoms with Crippen molar-refractivity contribution in [3.05, 3.63) is 60.7 Å². The van der Waals surface area contributed by atoms with E-state index in [0.29, 0.717) is 19.4 Å². The van der Waals surface area contributed by atoms with Gasteiger partial charge in [-0.1, -0.05) is 94.3 Å². The van der Waals surface area contributed by atoms with Crippen LogP contribution in [0.1, 0.15) is 52.9 Å². The minimum atomic E-state index is -2.61. The molecule has 2 rings (SSSR count). The summed E-state index contributed by atoms with van der Waals surface area (Å²) in [6.07, 6.45) is 3.12. The standard InChI is InChI=1S/C25H36O4Si/c1-25(2,3)30(22-15-9-6-10-16-22,23-17-11-7-12-18-23)29-20-21(26)14-8-5-13-19-24(27)28-4/h6-7,9-12,15-18,21,26H,5,8,13-14,19-20H2,1-4H3/t21-/m1/s1. The van der Waals surface area contributed by atoms with Crippen molar-refractivity contribution in [2.75, 3.05) is 13.7 Å². The molecule has 0 heterocycles. The second-order valence-electron chi connectivity index (χ2n) is 8.80. The topological polar surface area (TPSA) is 55.8 Å². The van der Waals surface area contributed by atoms with E-state index in [2.05, 4.69) is 74.0 Å². The Morgan fingerprint density at radius 1 is 0.933 bits per heavy atom. The van der Waals surface area contributed by atoms with E-state index in [1.807, 2.05) is 12.1 Å². The number of carbonyl (C=O) groups is 1. The van der Waals surface area contributed by atoms with Gasteiger partial charge in [-0.2, -0.15) is 0 Å². The third kappa shape index (κ3) is 6.27. The van der Waals surface area contributed by atoms with Gasteiger partial charge in [-0.15, -0.1) is 0 Å². The predicted octanol–water partition coefficient (Wildman–Crippen LogP) is 4.05. The number of esters is 1. The molecular formula is C25H36O4Si. The van der Waals surface area contributed by atoms with E-state index in [9.17, 15) is 9.90 Å². The van der Waals surface area contributed by atoms with Gasteiger partial charge in [-0.05, 0) is 28.3 Å². The van der Waals surface area contributed by atoms with Crippen molar-refractivity contribution in [1.29, 1.82) is 0 Å². The summed E-state index contributed by atoms with van der Waals surface area (Å²) in [7, 11) is -1.20. The number of unbranched alkanes of at least 4 members (excludes halogenated alkanes) is 2. The molecule has 0 radical (unpaired) electrons. The number of carbonyl (C=O) groups excluding carboxylic acids is 1. The third-order valence-corrected chi connectivity index (χ3v) is 10.6. The van der Waals surface area contributed by atoms with E-state index in [0.717, 1.165) is 19.3 Å². The van der Waals surface area contributed by atoms with Crippen molar-refractivity contribution >= 4 is 24.7 Å². The molecule has 2 aromatic rings. The Morgan fingerprint density at radius 2 is 1.47 bits per heavy atom. The molecule has 1 atom stereocenters. The maximum atomic E-state index is 11.2. The zero-order chi connectivity index (χ0) is 22.0. The van der Waals surface area contributed by atoms with Gasteiger partial charge in [0.2, 0.25) is 0 Å². The Morgan fingerprint density at radius 3 is 1.93 bits per heavy atom. The molecule has 0 unspecified atom stereocenters. The first-order chi connectivity index (χ1) is 14.3. The fraction of sp³-hybridized carbons (Fsp3) is 0.480. The predicted molar refractivity (Wildman–Crippen MR) is 125 cm³/mol. The molecule has 0 aromatic heterocycles. The number of hydrogen-bond acceptors (Lipinski definition) is 4. The lowest BCUT2D eigenvalue weighted by Crippen LogP contribution is -2.67. The van der Waals surface area contributed by atoms with E-state index in [1.54, 1.807) is 0 Å². The lowest BCUT2D eigenvalue weighted by molar-refractivity contribution is -0.140. The Bertz CT molecular complexity index is 716. The molecule has 164 valence electrons. The number of aliphatic hydroxyl groups is 1. The van der Waals surface area contributed by atoms with Crippen LogP contribution in [0.2, 0.25) is 5.04 Å². The maximum absolute atomic E-state index is 11.2. The highest BCUT2D eigenvalue weighted by atomic mass is 28.4. The summed E-state index contributed by atoms with van der Waals surface area (Å²) >= 11 is 0. The molecule has 0 spiro atoms. The lowest BCUT2D eigenvalue weighted by atomic mass is 10.1. The van der Waals surface area contributed by atoms with Gasteiger partial charge in [0.05, 0.1) is 19.8 Å². The second kappa shape index (κ2) is 11.4. The molecule has 0 aliphatic rings. The van der Waals surface area contributed by atoms with Crippen LogP contribution >= 0.6 is 0 Å². The van der Waals surface area contributed by atoms with E-state index in [-0.39, 0.29) is 11.0 Å². The van der Waals surface area contributed by atoms with Crippen molar-refractivity contribution < 1.29 is 19.1 Å².